The molecule has 1 amide bonds. The topological polar surface area (TPSA) is 80.4 Å². The molecule has 0 bridgehead atoms. The quantitative estimate of drug-likeness (QED) is 0.467. The van der Waals surface area contributed by atoms with Crippen molar-refractivity contribution in [3.8, 4) is 16.8 Å². The average molecular weight is 445 g/mol. The van der Waals surface area contributed by atoms with Gasteiger partial charge in [-0.3, -0.25) is 18.9 Å². The Morgan fingerprint density at radius 3 is 2.36 bits per heavy atom. The molecule has 1 N–H and O–H groups in total. The molecule has 4 rings (SSSR count). The van der Waals surface area contributed by atoms with E-state index in [1.165, 1.54) is 4.90 Å². The normalized spacial score (nSPS) is 12.6. The Hall–Kier alpha value is -3.87. The van der Waals surface area contributed by atoms with Gasteiger partial charge in [0.2, 0.25) is 0 Å². The summed E-state index contributed by atoms with van der Waals surface area (Å²) >= 11 is 0. The summed E-state index contributed by atoms with van der Waals surface area (Å²) in [5, 5.41) is 15.6. The monoisotopic (exact) mass is 444 g/mol. The van der Waals surface area contributed by atoms with E-state index in [9.17, 15) is 14.7 Å². The number of hydrogen-bond acceptors (Lipinski definition) is 3. The van der Waals surface area contributed by atoms with Gasteiger partial charge in [0.25, 0.3) is 5.56 Å². The van der Waals surface area contributed by atoms with Crippen LogP contribution in [0.3, 0.4) is 0 Å². The van der Waals surface area contributed by atoms with E-state index >= 15 is 0 Å². The number of pyridine rings is 1. The molecule has 1 atom stereocenters. The Morgan fingerprint density at radius 2 is 1.79 bits per heavy atom. The molecular formula is C26H28N4O3. The van der Waals surface area contributed by atoms with Crippen LogP contribution in [-0.4, -0.2) is 36.0 Å². The van der Waals surface area contributed by atoms with Crippen LogP contribution in [0.2, 0.25) is 0 Å². The Labute approximate surface area is 192 Å². The first-order valence-corrected chi connectivity index (χ1v) is 10.8. The predicted octanol–water partition coefficient (Wildman–Crippen LogP) is 5.23. The molecule has 33 heavy (non-hydrogen) atoms. The second kappa shape index (κ2) is 8.24. The van der Waals surface area contributed by atoms with Crippen molar-refractivity contribution in [2.24, 2.45) is 7.05 Å². The Balaban J connectivity index is 2.08. The number of hydrogen-bond donors (Lipinski definition) is 1. The Kier molecular flexibility index (Phi) is 5.57. The number of carbonyl (C=O) groups is 1. The van der Waals surface area contributed by atoms with E-state index in [4.69, 9.17) is 0 Å². The molecule has 0 aliphatic carbocycles. The lowest BCUT2D eigenvalue weighted by Gasteiger charge is -2.39. The number of carboxylic acid groups (broad SMARTS) is 1. The lowest BCUT2D eigenvalue weighted by Crippen LogP contribution is -2.47. The minimum atomic E-state index is -1.04. The summed E-state index contributed by atoms with van der Waals surface area (Å²) in [6, 6.07) is 16.4. The average Bonchev–Trinajstić information content (AvgIpc) is 3.18. The number of aromatic nitrogens is 3. The van der Waals surface area contributed by atoms with Crippen molar-refractivity contribution < 1.29 is 9.90 Å². The number of nitrogens with zero attached hydrogens (tertiary/aromatic N) is 4. The van der Waals surface area contributed by atoms with Crippen molar-refractivity contribution in [1.29, 1.82) is 0 Å². The Bertz CT molecular complexity index is 1380. The van der Waals surface area contributed by atoms with E-state index in [0.29, 0.717) is 16.8 Å². The van der Waals surface area contributed by atoms with Gasteiger partial charge < -0.3 is 5.11 Å². The summed E-state index contributed by atoms with van der Waals surface area (Å²) in [6.45, 7) is 7.38. The van der Waals surface area contributed by atoms with Gasteiger partial charge in [-0.15, -0.1) is 0 Å². The lowest BCUT2D eigenvalue weighted by molar-refractivity contribution is 0.0734. The summed E-state index contributed by atoms with van der Waals surface area (Å²) in [5.74, 6) is 0. The fraction of sp³-hybridized carbons (Fsp3) is 0.269. The maximum Gasteiger partial charge on any atom is 0.408 e. The molecular weight excluding hydrogens is 416 g/mol. The van der Waals surface area contributed by atoms with Gasteiger partial charge in [-0.1, -0.05) is 36.4 Å². The van der Waals surface area contributed by atoms with E-state index in [1.807, 2.05) is 95.5 Å². The van der Waals surface area contributed by atoms with Gasteiger partial charge in [0.15, 0.2) is 0 Å². The highest BCUT2D eigenvalue weighted by Gasteiger charge is 2.33. The van der Waals surface area contributed by atoms with Gasteiger partial charge in [-0.25, -0.2) is 4.79 Å². The first kappa shape index (κ1) is 22.3. The van der Waals surface area contributed by atoms with Crippen LogP contribution in [0, 0.1) is 0 Å². The van der Waals surface area contributed by atoms with E-state index in [0.717, 1.165) is 16.5 Å². The number of para-hydroxylation sites is 1. The molecule has 2 aromatic carbocycles. The third kappa shape index (κ3) is 4.02. The van der Waals surface area contributed by atoms with Crippen LogP contribution in [0.1, 0.15) is 39.4 Å². The van der Waals surface area contributed by atoms with E-state index < -0.39 is 17.7 Å². The molecule has 2 heterocycles. The van der Waals surface area contributed by atoms with Gasteiger partial charge in [-0.05, 0) is 56.8 Å². The second-order valence-corrected chi connectivity index (χ2v) is 9.22. The minimum absolute atomic E-state index is 0.195. The third-order valence-electron chi connectivity index (χ3n) is 5.85. The minimum Gasteiger partial charge on any atom is -0.465 e. The SMILES string of the molecule is C[C@@H](c1cc2cccc(-c3cnn(C)c3)c2c(=O)n1-c1ccccc1)N(C(=O)O)C(C)(C)C. The van der Waals surface area contributed by atoms with Crippen LogP contribution in [0.5, 0.6) is 0 Å². The zero-order valence-corrected chi connectivity index (χ0v) is 19.5. The van der Waals surface area contributed by atoms with Crippen LogP contribution in [-0.2, 0) is 7.05 Å². The maximum absolute atomic E-state index is 14.1. The van der Waals surface area contributed by atoms with Gasteiger partial charge in [0.1, 0.15) is 0 Å². The summed E-state index contributed by atoms with van der Waals surface area (Å²) in [6.07, 6.45) is 2.58. The fourth-order valence-corrected chi connectivity index (χ4v) is 4.50. The predicted molar refractivity (Wildman–Crippen MR) is 130 cm³/mol. The first-order valence-electron chi connectivity index (χ1n) is 10.8. The molecule has 7 nitrogen and oxygen atoms in total. The molecule has 0 fully saturated rings. The molecule has 0 saturated carbocycles. The molecule has 0 radical (unpaired) electrons. The Morgan fingerprint density at radius 1 is 1.09 bits per heavy atom. The molecule has 7 heteroatoms. The number of fused-ring (bicyclic) bond motifs is 1. The van der Waals surface area contributed by atoms with Crippen molar-refractivity contribution in [1.82, 2.24) is 19.2 Å². The highest BCUT2D eigenvalue weighted by Crippen LogP contribution is 2.33. The zero-order chi connectivity index (χ0) is 23.9. The van der Waals surface area contributed by atoms with Crippen LogP contribution in [0.4, 0.5) is 4.79 Å². The van der Waals surface area contributed by atoms with Crippen LogP contribution in [0.15, 0.2) is 71.8 Å². The lowest BCUT2D eigenvalue weighted by atomic mass is 9.97. The third-order valence-corrected chi connectivity index (χ3v) is 5.85. The highest BCUT2D eigenvalue weighted by atomic mass is 16.4. The molecule has 4 aromatic rings. The van der Waals surface area contributed by atoms with Crippen molar-refractivity contribution in [2.45, 2.75) is 39.3 Å². The van der Waals surface area contributed by atoms with Crippen LogP contribution >= 0.6 is 0 Å². The number of benzene rings is 2. The molecule has 0 spiro atoms. The van der Waals surface area contributed by atoms with Gasteiger partial charge >= 0.3 is 6.09 Å². The molecule has 0 aliphatic rings. The summed E-state index contributed by atoms with van der Waals surface area (Å²) < 4.78 is 3.34. The summed E-state index contributed by atoms with van der Waals surface area (Å²) in [4.78, 5) is 27.7. The number of rotatable bonds is 4. The largest absolute Gasteiger partial charge is 0.465 e. The van der Waals surface area contributed by atoms with Gasteiger partial charge in [-0.2, -0.15) is 5.10 Å². The van der Waals surface area contributed by atoms with E-state index in [2.05, 4.69) is 5.10 Å². The molecule has 0 unspecified atom stereocenters. The standard InChI is InChI=1S/C26H28N4O3/c1-17(30(25(32)33)26(2,3)4)22-14-18-10-9-13-21(19-15-27-28(5)16-19)23(18)24(31)29(22)20-11-7-6-8-12-20/h6-17H,1-5H3,(H,32,33)/t17-/m0/s1. The molecule has 170 valence electrons. The number of aryl methyl sites for hydroxylation is 1. The van der Waals surface area contributed by atoms with Crippen molar-refractivity contribution in [3.05, 3.63) is 83.0 Å². The smallest absolute Gasteiger partial charge is 0.408 e. The van der Waals surface area contributed by atoms with Crippen molar-refractivity contribution in [3.63, 3.8) is 0 Å². The summed E-state index contributed by atoms with van der Waals surface area (Å²) in [7, 11) is 1.84. The van der Waals surface area contributed by atoms with Gasteiger partial charge in [0.05, 0.1) is 17.6 Å². The van der Waals surface area contributed by atoms with Crippen molar-refractivity contribution in [2.75, 3.05) is 0 Å². The molecule has 0 aliphatic heterocycles. The number of amides is 1. The van der Waals surface area contributed by atoms with Crippen molar-refractivity contribution >= 4 is 16.9 Å². The first-order chi connectivity index (χ1) is 15.6. The van der Waals surface area contributed by atoms with Crippen LogP contribution < -0.4 is 5.56 Å². The maximum atomic E-state index is 14.1. The second-order valence-electron chi connectivity index (χ2n) is 9.22. The summed E-state index contributed by atoms with van der Waals surface area (Å²) in [5.41, 5.74) is 2.09. The van der Waals surface area contributed by atoms with E-state index in [-0.39, 0.29) is 5.56 Å². The highest BCUT2D eigenvalue weighted by molar-refractivity contribution is 5.96. The molecule has 0 saturated heterocycles. The van der Waals surface area contributed by atoms with Crippen LogP contribution in [0.25, 0.3) is 27.6 Å². The van der Waals surface area contributed by atoms with Gasteiger partial charge in [0, 0.05) is 35.7 Å². The van der Waals surface area contributed by atoms with E-state index in [1.54, 1.807) is 15.4 Å². The zero-order valence-electron chi connectivity index (χ0n) is 19.5. The fourth-order valence-electron chi connectivity index (χ4n) is 4.50. The molecule has 2 aromatic heterocycles.